The van der Waals surface area contributed by atoms with Crippen LogP contribution >= 0.6 is 0 Å². The number of nitrogens with one attached hydrogen (secondary N) is 2. The molecular weight excluding hydrogens is 354 g/mol. The zero-order valence-corrected chi connectivity index (χ0v) is 17.0. The van der Waals surface area contributed by atoms with Crippen molar-refractivity contribution in [2.45, 2.75) is 27.2 Å². The number of rotatable bonds is 9. The molecule has 0 heterocycles. The van der Waals surface area contributed by atoms with Gasteiger partial charge in [0, 0.05) is 43.1 Å². The van der Waals surface area contributed by atoms with Crippen molar-refractivity contribution < 1.29 is 14.3 Å². The van der Waals surface area contributed by atoms with E-state index in [9.17, 15) is 9.59 Å². The summed E-state index contributed by atoms with van der Waals surface area (Å²) in [6.07, 6.45) is 0.284. The molecule has 2 rings (SSSR count). The minimum absolute atomic E-state index is 0.0817. The van der Waals surface area contributed by atoms with Gasteiger partial charge in [0.05, 0.1) is 12.7 Å². The van der Waals surface area contributed by atoms with Gasteiger partial charge in [0.1, 0.15) is 0 Å². The molecule has 0 radical (unpaired) electrons. The molecule has 2 aromatic rings. The van der Waals surface area contributed by atoms with Crippen molar-refractivity contribution >= 4 is 28.9 Å². The molecule has 0 unspecified atom stereocenters. The standard InChI is InChI=1S/C22H29N3O3/c1-5-25(6-2)17-11-12-19(16(3)15-17)24-21(26)13-14-23-20-10-8-7-9-18(20)22(27)28-4/h7-12,15,23H,5-6,13-14H2,1-4H3,(H,24,26). The number of esters is 1. The number of benzene rings is 2. The third kappa shape index (κ3) is 5.49. The van der Waals surface area contributed by atoms with Crippen LogP contribution in [0, 0.1) is 6.92 Å². The largest absolute Gasteiger partial charge is 0.465 e. The van der Waals surface area contributed by atoms with E-state index in [1.807, 2.05) is 25.1 Å². The third-order valence-electron chi connectivity index (χ3n) is 4.61. The summed E-state index contributed by atoms with van der Waals surface area (Å²) < 4.78 is 4.78. The quantitative estimate of drug-likeness (QED) is 0.639. The number of hydrogen-bond donors (Lipinski definition) is 2. The van der Waals surface area contributed by atoms with Crippen LogP contribution in [0.3, 0.4) is 0 Å². The molecule has 1 amide bonds. The fourth-order valence-electron chi connectivity index (χ4n) is 3.02. The van der Waals surface area contributed by atoms with Crippen molar-refractivity contribution in [3.05, 3.63) is 53.6 Å². The van der Waals surface area contributed by atoms with Gasteiger partial charge in [0.15, 0.2) is 0 Å². The van der Waals surface area contributed by atoms with Gasteiger partial charge in [-0.15, -0.1) is 0 Å². The fourth-order valence-corrected chi connectivity index (χ4v) is 3.02. The Bertz CT molecular complexity index is 816. The van der Waals surface area contributed by atoms with Gasteiger partial charge in [0.25, 0.3) is 0 Å². The number of carbonyl (C=O) groups is 2. The van der Waals surface area contributed by atoms with Gasteiger partial charge >= 0.3 is 5.97 Å². The number of para-hydroxylation sites is 1. The normalized spacial score (nSPS) is 10.3. The molecule has 0 atom stereocenters. The van der Waals surface area contributed by atoms with E-state index >= 15 is 0 Å². The van der Waals surface area contributed by atoms with Crippen molar-refractivity contribution in [3.63, 3.8) is 0 Å². The number of anilines is 3. The highest BCUT2D eigenvalue weighted by Gasteiger charge is 2.12. The van der Waals surface area contributed by atoms with Gasteiger partial charge in [-0.05, 0) is 56.7 Å². The molecule has 0 aromatic heterocycles. The predicted molar refractivity (Wildman–Crippen MR) is 114 cm³/mol. The second-order valence-corrected chi connectivity index (χ2v) is 6.43. The molecule has 150 valence electrons. The van der Waals surface area contributed by atoms with E-state index in [1.165, 1.54) is 7.11 Å². The highest BCUT2D eigenvalue weighted by molar-refractivity contribution is 5.96. The van der Waals surface area contributed by atoms with Crippen molar-refractivity contribution in [2.75, 3.05) is 42.3 Å². The highest BCUT2D eigenvalue weighted by atomic mass is 16.5. The molecule has 0 bridgehead atoms. The topological polar surface area (TPSA) is 70.7 Å². The van der Waals surface area contributed by atoms with Gasteiger partial charge in [-0.1, -0.05) is 12.1 Å². The second kappa shape index (κ2) is 10.3. The highest BCUT2D eigenvalue weighted by Crippen LogP contribution is 2.23. The van der Waals surface area contributed by atoms with Crippen LogP contribution in [0.15, 0.2) is 42.5 Å². The first-order valence-corrected chi connectivity index (χ1v) is 9.56. The smallest absolute Gasteiger partial charge is 0.339 e. The minimum Gasteiger partial charge on any atom is -0.465 e. The van der Waals surface area contributed by atoms with Crippen molar-refractivity contribution in [1.29, 1.82) is 0 Å². The maximum absolute atomic E-state index is 12.3. The van der Waals surface area contributed by atoms with Crippen LogP contribution in [0.1, 0.15) is 36.2 Å². The lowest BCUT2D eigenvalue weighted by Crippen LogP contribution is -2.22. The van der Waals surface area contributed by atoms with E-state index < -0.39 is 5.97 Å². The van der Waals surface area contributed by atoms with Crippen LogP contribution in [0.2, 0.25) is 0 Å². The summed E-state index contributed by atoms with van der Waals surface area (Å²) in [5, 5.41) is 6.09. The molecule has 0 aliphatic heterocycles. The molecule has 6 heteroatoms. The summed E-state index contributed by atoms with van der Waals surface area (Å²) in [4.78, 5) is 26.4. The van der Waals surface area contributed by atoms with Crippen molar-refractivity contribution in [1.82, 2.24) is 0 Å². The first-order valence-electron chi connectivity index (χ1n) is 9.56. The summed E-state index contributed by atoms with van der Waals surface area (Å²) in [6.45, 7) is 8.55. The van der Waals surface area contributed by atoms with Gasteiger partial charge in [0.2, 0.25) is 5.91 Å². The zero-order valence-electron chi connectivity index (χ0n) is 17.0. The average molecular weight is 383 g/mol. The summed E-state index contributed by atoms with van der Waals surface area (Å²) >= 11 is 0. The number of nitrogens with zero attached hydrogens (tertiary/aromatic N) is 1. The first kappa shape index (κ1) is 21.3. The van der Waals surface area contributed by atoms with Gasteiger partial charge in [-0.25, -0.2) is 4.79 Å². The molecule has 0 saturated heterocycles. The zero-order chi connectivity index (χ0) is 20.5. The van der Waals surface area contributed by atoms with Crippen LogP contribution in [-0.2, 0) is 9.53 Å². The molecule has 0 saturated carbocycles. The Morgan fingerprint density at radius 3 is 2.39 bits per heavy atom. The molecule has 2 N–H and O–H groups in total. The summed E-state index contributed by atoms with van der Waals surface area (Å²) in [7, 11) is 1.35. The lowest BCUT2D eigenvalue weighted by molar-refractivity contribution is -0.115. The Morgan fingerprint density at radius 2 is 1.75 bits per heavy atom. The molecule has 6 nitrogen and oxygen atoms in total. The number of carbonyl (C=O) groups excluding carboxylic acids is 2. The number of methoxy groups -OCH3 is 1. The van der Waals surface area contributed by atoms with Crippen LogP contribution in [0.25, 0.3) is 0 Å². The van der Waals surface area contributed by atoms with Crippen molar-refractivity contribution in [2.24, 2.45) is 0 Å². The minimum atomic E-state index is -0.406. The number of ether oxygens (including phenoxy) is 1. The van der Waals surface area contributed by atoms with E-state index in [-0.39, 0.29) is 12.3 Å². The summed E-state index contributed by atoms with van der Waals surface area (Å²) in [6, 6.07) is 13.1. The van der Waals surface area contributed by atoms with E-state index in [4.69, 9.17) is 4.74 Å². The van der Waals surface area contributed by atoms with Crippen LogP contribution in [0.4, 0.5) is 17.1 Å². The average Bonchev–Trinajstić information content (AvgIpc) is 2.70. The monoisotopic (exact) mass is 383 g/mol. The van der Waals surface area contributed by atoms with E-state index in [0.29, 0.717) is 17.8 Å². The van der Waals surface area contributed by atoms with Gasteiger partial charge in [-0.3, -0.25) is 4.79 Å². The molecular formula is C22H29N3O3. The molecule has 0 aliphatic carbocycles. The summed E-state index contributed by atoms with van der Waals surface area (Å²) in [5.74, 6) is -0.488. The Kier molecular flexibility index (Phi) is 7.87. The van der Waals surface area contributed by atoms with Crippen LogP contribution in [0.5, 0.6) is 0 Å². The van der Waals surface area contributed by atoms with Crippen LogP contribution < -0.4 is 15.5 Å². The van der Waals surface area contributed by atoms with Gasteiger partial charge in [-0.2, -0.15) is 0 Å². The second-order valence-electron chi connectivity index (χ2n) is 6.43. The Hall–Kier alpha value is -3.02. The number of amides is 1. The molecule has 0 spiro atoms. The first-order chi connectivity index (χ1) is 13.5. The number of hydrogen-bond acceptors (Lipinski definition) is 5. The maximum atomic E-state index is 12.3. The Labute approximate surface area is 166 Å². The van der Waals surface area contributed by atoms with E-state index in [2.05, 4.69) is 35.4 Å². The molecule has 28 heavy (non-hydrogen) atoms. The Morgan fingerprint density at radius 1 is 1.04 bits per heavy atom. The molecule has 0 fully saturated rings. The van der Waals surface area contributed by atoms with E-state index in [1.54, 1.807) is 18.2 Å². The lowest BCUT2D eigenvalue weighted by Gasteiger charge is -2.22. The SMILES string of the molecule is CCN(CC)c1ccc(NC(=O)CCNc2ccccc2C(=O)OC)c(C)c1. The molecule has 0 aliphatic rings. The summed E-state index contributed by atoms with van der Waals surface area (Å²) in [5.41, 5.74) is 4.11. The number of aryl methyl sites for hydroxylation is 1. The van der Waals surface area contributed by atoms with Crippen molar-refractivity contribution in [3.8, 4) is 0 Å². The third-order valence-corrected chi connectivity index (χ3v) is 4.61. The predicted octanol–water partition coefficient (Wildman–Crippen LogP) is 4.07. The fraction of sp³-hybridized carbons (Fsp3) is 0.364. The maximum Gasteiger partial charge on any atom is 0.339 e. The Balaban J connectivity index is 1.92. The van der Waals surface area contributed by atoms with Gasteiger partial charge < -0.3 is 20.3 Å². The van der Waals surface area contributed by atoms with Crippen LogP contribution in [-0.4, -0.2) is 38.6 Å². The van der Waals surface area contributed by atoms with E-state index in [0.717, 1.165) is 30.0 Å². The molecule has 2 aromatic carbocycles. The lowest BCUT2D eigenvalue weighted by atomic mass is 10.1.